The van der Waals surface area contributed by atoms with Crippen molar-refractivity contribution in [2.75, 3.05) is 12.3 Å². The van der Waals surface area contributed by atoms with E-state index in [1.54, 1.807) is 37.0 Å². The van der Waals surface area contributed by atoms with Crippen molar-refractivity contribution in [3.63, 3.8) is 0 Å². The van der Waals surface area contributed by atoms with Crippen molar-refractivity contribution >= 4 is 27.8 Å². The second-order valence-electron chi connectivity index (χ2n) is 8.04. The van der Waals surface area contributed by atoms with Crippen LogP contribution >= 0.6 is 0 Å². The molecule has 0 saturated heterocycles. The van der Waals surface area contributed by atoms with Crippen LogP contribution in [0.1, 0.15) is 18.2 Å². The smallest absolute Gasteiger partial charge is 0.333 e. The van der Waals surface area contributed by atoms with Crippen molar-refractivity contribution in [3.05, 3.63) is 76.5 Å². The second kappa shape index (κ2) is 8.35. The largest absolute Gasteiger partial charge is 0.383 e. The molecule has 5 aromatic rings. The molecule has 0 saturated carbocycles. The zero-order chi connectivity index (χ0) is 24.0. The second-order valence-corrected chi connectivity index (χ2v) is 8.04. The van der Waals surface area contributed by atoms with Gasteiger partial charge < -0.3 is 10.5 Å². The Kier molecular flexibility index (Phi) is 5.33. The number of anilines is 1. The summed E-state index contributed by atoms with van der Waals surface area (Å²) >= 11 is 0. The first-order valence-corrected chi connectivity index (χ1v) is 10.8. The molecule has 0 aliphatic heterocycles. The molecule has 0 atom stereocenters. The van der Waals surface area contributed by atoms with Gasteiger partial charge in [-0.15, -0.1) is 0 Å². The van der Waals surface area contributed by atoms with Gasteiger partial charge in [0.15, 0.2) is 0 Å². The predicted molar refractivity (Wildman–Crippen MR) is 129 cm³/mol. The van der Waals surface area contributed by atoms with E-state index in [0.29, 0.717) is 41.4 Å². The van der Waals surface area contributed by atoms with Crippen LogP contribution in [0.15, 0.2) is 53.6 Å². The number of ether oxygens (including phenoxy) is 1. The highest BCUT2D eigenvalue weighted by molar-refractivity contribution is 6.04. The van der Waals surface area contributed by atoms with Crippen LogP contribution in [-0.2, 0) is 18.4 Å². The Morgan fingerprint density at radius 1 is 1.09 bits per heavy atom. The number of fused-ring (bicyclic) bond motifs is 3. The average Bonchev–Trinajstić information content (AvgIpc) is 3.08. The Bertz CT molecular complexity index is 1620. The lowest BCUT2D eigenvalue weighted by Crippen LogP contribution is -2.21. The summed E-state index contributed by atoms with van der Waals surface area (Å²) in [5.74, 6) is -0.166. The molecule has 0 aliphatic carbocycles. The molecule has 0 bridgehead atoms. The van der Waals surface area contributed by atoms with Crippen molar-refractivity contribution in [1.82, 2.24) is 24.1 Å². The number of benzene rings is 1. The number of nitrogens with zero attached hydrogens (tertiary/aromatic N) is 5. The summed E-state index contributed by atoms with van der Waals surface area (Å²) < 4.78 is 22.3. The highest BCUT2D eigenvalue weighted by Gasteiger charge is 2.18. The fourth-order valence-electron chi connectivity index (χ4n) is 4.17. The molecule has 9 heteroatoms. The Hall–Kier alpha value is -4.11. The molecule has 8 nitrogen and oxygen atoms in total. The highest BCUT2D eigenvalue weighted by Crippen LogP contribution is 2.31. The van der Waals surface area contributed by atoms with Crippen LogP contribution < -0.4 is 11.4 Å². The Labute approximate surface area is 194 Å². The minimum absolute atomic E-state index is 0.264. The molecule has 4 aromatic heterocycles. The van der Waals surface area contributed by atoms with Crippen molar-refractivity contribution in [1.29, 1.82) is 0 Å². The standard InChI is InChI=1S/C25H23FN6O2/c1-4-34-13-17-9-16(11-29-24(17)27)15-5-6-19-18(10-15)23-21(12-28-19)31(3)25(33)32(23)20-7-8-22(26)30-14(20)2/h5-12H,4,13H2,1-3H3,(H2,27,29). The van der Waals surface area contributed by atoms with Gasteiger partial charge in [-0.3, -0.25) is 14.1 Å². The van der Waals surface area contributed by atoms with Crippen molar-refractivity contribution < 1.29 is 9.13 Å². The third-order valence-electron chi connectivity index (χ3n) is 5.94. The summed E-state index contributed by atoms with van der Waals surface area (Å²) in [5.41, 5.74) is 11.3. The monoisotopic (exact) mass is 458 g/mol. The first-order valence-electron chi connectivity index (χ1n) is 10.8. The molecular formula is C25H23FN6O2. The van der Waals surface area contributed by atoms with Crippen molar-refractivity contribution in [3.8, 4) is 16.8 Å². The maximum Gasteiger partial charge on any atom is 0.333 e. The van der Waals surface area contributed by atoms with E-state index in [-0.39, 0.29) is 5.69 Å². The van der Waals surface area contributed by atoms with Crippen molar-refractivity contribution in [2.24, 2.45) is 7.05 Å². The van der Waals surface area contributed by atoms with E-state index in [4.69, 9.17) is 10.5 Å². The molecule has 4 heterocycles. The number of aryl methyl sites for hydroxylation is 2. The molecule has 5 rings (SSSR count). The Morgan fingerprint density at radius 2 is 1.91 bits per heavy atom. The van der Waals surface area contributed by atoms with E-state index in [2.05, 4.69) is 15.0 Å². The van der Waals surface area contributed by atoms with Crippen LogP contribution in [0, 0.1) is 12.9 Å². The van der Waals surface area contributed by atoms with Gasteiger partial charge >= 0.3 is 5.69 Å². The van der Waals surface area contributed by atoms with Gasteiger partial charge in [0.2, 0.25) is 5.95 Å². The van der Waals surface area contributed by atoms with E-state index in [0.717, 1.165) is 27.6 Å². The zero-order valence-electron chi connectivity index (χ0n) is 19.0. The molecule has 34 heavy (non-hydrogen) atoms. The maximum atomic E-state index is 13.7. The van der Waals surface area contributed by atoms with Gasteiger partial charge in [-0.25, -0.2) is 14.8 Å². The van der Waals surface area contributed by atoms with Gasteiger partial charge in [0.05, 0.1) is 40.7 Å². The molecule has 0 fully saturated rings. The Balaban J connectivity index is 1.78. The third-order valence-corrected chi connectivity index (χ3v) is 5.94. The van der Waals surface area contributed by atoms with Crippen LogP contribution in [-0.4, -0.2) is 30.7 Å². The topological polar surface area (TPSA) is 101 Å². The van der Waals surface area contributed by atoms with Gasteiger partial charge in [0.1, 0.15) is 5.82 Å². The minimum Gasteiger partial charge on any atom is -0.383 e. The number of nitrogens with two attached hydrogens (primary N) is 1. The normalized spacial score (nSPS) is 11.5. The molecule has 172 valence electrons. The van der Waals surface area contributed by atoms with Gasteiger partial charge in [-0.1, -0.05) is 6.07 Å². The number of imidazole rings is 1. The molecule has 0 radical (unpaired) electrons. The Morgan fingerprint density at radius 3 is 2.68 bits per heavy atom. The number of pyridine rings is 3. The average molecular weight is 458 g/mol. The molecule has 0 spiro atoms. The van der Waals surface area contributed by atoms with E-state index in [1.807, 2.05) is 31.2 Å². The number of hydrogen-bond donors (Lipinski definition) is 1. The van der Waals surface area contributed by atoms with Crippen LogP contribution in [0.3, 0.4) is 0 Å². The van der Waals surface area contributed by atoms with E-state index >= 15 is 0 Å². The molecule has 0 amide bonds. The third kappa shape index (κ3) is 3.50. The summed E-state index contributed by atoms with van der Waals surface area (Å²) in [5, 5.41) is 0.777. The van der Waals surface area contributed by atoms with Gasteiger partial charge in [-0.2, -0.15) is 4.39 Å². The number of aromatic nitrogens is 5. The fraction of sp³-hybridized carbons (Fsp3) is 0.200. The summed E-state index contributed by atoms with van der Waals surface area (Å²) in [7, 11) is 1.69. The van der Waals surface area contributed by atoms with Gasteiger partial charge in [0.25, 0.3) is 0 Å². The minimum atomic E-state index is -0.595. The summed E-state index contributed by atoms with van der Waals surface area (Å²) in [6.45, 7) is 4.55. The quantitative estimate of drug-likeness (QED) is 0.401. The maximum absolute atomic E-state index is 13.7. The van der Waals surface area contributed by atoms with E-state index in [1.165, 1.54) is 10.6 Å². The van der Waals surface area contributed by atoms with E-state index < -0.39 is 5.95 Å². The summed E-state index contributed by atoms with van der Waals surface area (Å²) in [4.78, 5) is 26.0. The number of rotatable bonds is 5. The summed E-state index contributed by atoms with van der Waals surface area (Å²) in [6, 6.07) is 10.6. The lowest BCUT2D eigenvalue weighted by molar-refractivity contribution is 0.134. The molecule has 0 unspecified atom stereocenters. The van der Waals surface area contributed by atoms with Crippen LogP contribution in [0.5, 0.6) is 0 Å². The molecule has 0 aliphatic rings. The fourth-order valence-corrected chi connectivity index (χ4v) is 4.17. The zero-order valence-corrected chi connectivity index (χ0v) is 19.0. The first kappa shape index (κ1) is 21.7. The summed E-state index contributed by atoms with van der Waals surface area (Å²) in [6.07, 6.45) is 3.39. The first-order chi connectivity index (χ1) is 16.4. The highest BCUT2D eigenvalue weighted by atomic mass is 19.1. The number of hydrogen-bond acceptors (Lipinski definition) is 6. The lowest BCUT2D eigenvalue weighted by atomic mass is 10.0. The van der Waals surface area contributed by atoms with Gasteiger partial charge in [0, 0.05) is 36.4 Å². The number of nitrogen functional groups attached to an aromatic ring is 1. The number of halogens is 1. The van der Waals surface area contributed by atoms with E-state index in [9.17, 15) is 9.18 Å². The van der Waals surface area contributed by atoms with Crippen LogP contribution in [0.25, 0.3) is 38.8 Å². The SMILES string of the molecule is CCOCc1cc(-c2ccc3ncc4c(c3c2)n(-c2ccc(F)nc2C)c(=O)n4C)cnc1N. The van der Waals surface area contributed by atoms with Crippen LogP contribution in [0.2, 0.25) is 0 Å². The molecular weight excluding hydrogens is 435 g/mol. The molecule has 2 N–H and O–H groups in total. The van der Waals surface area contributed by atoms with Gasteiger partial charge in [-0.05, 0) is 49.7 Å². The molecule has 1 aromatic carbocycles. The van der Waals surface area contributed by atoms with Crippen molar-refractivity contribution in [2.45, 2.75) is 20.5 Å². The van der Waals surface area contributed by atoms with Crippen LogP contribution in [0.4, 0.5) is 10.2 Å². The predicted octanol–water partition coefficient (Wildman–Crippen LogP) is 3.90. The lowest BCUT2D eigenvalue weighted by Gasteiger charge is -2.11.